The molecule has 11 heavy (non-hydrogen) atoms. The lowest BCUT2D eigenvalue weighted by Gasteiger charge is -2.19. The average molecular weight is 152 g/mol. The van der Waals surface area contributed by atoms with E-state index in [1.54, 1.807) is 0 Å². The quantitative estimate of drug-likeness (QED) is 0.643. The normalized spacial score (nSPS) is 20.2. The molecule has 0 spiro atoms. The van der Waals surface area contributed by atoms with Crippen molar-refractivity contribution in [3.05, 3.63) is 23.8 Å². The van der Waals surface area contributed by atoms with Crippen LogP contribution in [-0.4, -0.2) is 11.2 Å². The average Bonchev–Trinajstić information content (AvgIpc) is 2.05. The first-order chi connectivity index (χ1) is 5.22. The highest BCUT2D eigenvalue weighted by atomic mass is 16.3. The number of rotatable bonds is 2. The van der Waals surface area contributed by atoms with Crippen molar-refractivity contribution in [1.29, 1.82) is 0 Å². The van der Waals surface area contributed by atoms with Gasteiger partial charge in [0.2, 0.25) is 0 Å². The van der Waals surface area contributed by atoms with Gasteiger partial charge in [-0.3, -0.25) is 0 Å². The maximum Gasteiger partial charge on any atom is 0.0776 e. The van der Waals surface area contributed by atoms with Crippen LogP contribution in [0.2, 0.25) is 0 Å². The second-order valence-corrected chi connectivity index (χ2v) is 3.40. The van der Waals surface area contributed by atoms with E-state index in [0.29, 0.717) is 5.92 Å². The van der Waals surface area contributed by atoms with Crippen molar-refractivity contribution in [3.8, 4) is 0 Å². The molecule has 1 rings (SSSR count). The highest BCUT2D eigenvalue weighted by Gasteiger charge is 2.14. The molecule has 0 heterocycles. The van der Waals surface area contributed by atoms with E-state index in [2.05, 4.69) is 6.08 Å². The van der Waals surface area contributed by atoms with Gasteiger partial charge < -0.3 is 5.11 Å². The summed E-state index contributed by atoms with van der Waals surface area (Å²) in [6.45, 7) is 4.09. The molecule has 0 bridgehead atoms. The molecule has 0 aromatic rings. The van der Waals surface area contributed by atoms with E-state index in [1.807, 2.05) is 26.0 Å². The molecule has 1 aliphatic carbocycles. The third-order valence-electron chi connectivity index (χ3n) is 2.06. The second kappa shape index (κ2) is 3.72. The van der Waals surface area contributed by atoms with E-state index in [1.165, 1.54) is 5.57 Å². The predicted octanol–water partition coefficient (Wildman–Crippen LogP) is 2.28. The highest BCUT2D eigenvalue weighted by molar-refractivity contribution is 5.21. The van der Waals surface area contributed by atoms with Crippen molar-refractivity contribution in [2.45, 2.75) is 32.8 Å². The minimum Gasteiger partial charge on any atom is -0.388 e. The summed E-state index contributed by atoms with van der Waals surface area (Å²) in [7, 11) is 0. The van der Waals surface area contributed by atoms with Gasteiger partial charge >= 0.3 is 0 Å². The van der Waals surface area contributed by atoms with Gasteiger partial charge in [0.25, 0.3) is 0 Å². The Morgan fingerprint density at radius 1 is 1.45 bits per heavy atom. The summed E-state index contributed by atoms with van der Waals surface area (Å²) in [6.07, 6.45) is 8.07. The minimum absolute atomic E-state index is 0.236. The number of allylic oxidation sites excluding steroid dienone is 3. The van der Waals surface area contributed by atoms with Crippen LogP contribution in [0.15, 0.2) is 23.8 Å². The van der Waals surface area contributed by atoms with Crippen molar-refractivity contribution in [2.75, 3.05) is 0 Å². The highest BCUT2D eigenvalue weighted by Crippen LogP contribution is 2.20. The Morgan fingerprint density at radius 2 is 2.18 bits per heavy atom. The van der Waals surface area contributed by atoms with Gasteiger partial charge in [-0.2, -0.15) is 0 Å². The van der Waals surface area contributed by atoms with Gasteiger partial charge in [-0.25, -0.2) is 0 Å². The summed E-state index contributed by atoms with van der Waals surface area (Å²) >= 11 is 0. The summed E-state index contributed by atoms with van der Waals surface area (Å²) in [6, 6.07) is 0. The van der Waals surface area contributed by atoms with E-state index in [0.717, 1.165) is 12.8 Å². The van der Waals surface area contributed by atoms with Crippen LogP contribution in [0.3, 0.4) is 0 Å². The molecule has 0 fully saturated rings. The monoisotopic (exact) mass is 152 g/mol. The van der Waals surface area contributed by atoms with Crippen molar-refractivity contribution in [1.82, 2.24) is 0 Å². The smallest absolute Gasteiger partial charge is 0.0776 e. The van der Waals surface area contributed by atoms with Crippen molar-refractivity contribution >= 4 is 0 Å². The molecule has 0 aromatic carbocycles. The predicted molar refractivity (Wildman–Crippen MR) is 47.3 cm³/mol. The van der Waals surface area contributed by atoms with Crippen molar-refractivity contribution in [3.63, 3.8) is 0 Å². The lowest BCUT2D eigenvalue weighted by molar-refractivity contribution is 0.156. The summed E-state index contributed by atoms with van der Waals surface area (Å²) in [5.41, 5.74) is 1.18. The van der Waals surface area contributed by atoms with E-state index in [-0.39, 0.29) is 6.10 Å². The first-order valence-electron chi connectivity index (χ1n) is 4.25. The summed E-state index contributed by atoms with van der Waals surface area (Å²) in [5.74, 6) is 0.341. The molecular weight excluding hydrogens is 136 g/mol. The van der Waals surface area contributed by atoms with E-state index < -0.39 is 0 Å². The molecule has 1 aliphatic rings. The van der Waals surface area contributed by atoms with Gasteiger partial charge in [0.1, 0.15) is 0 Å². The van der Waals surface area contributed by atoms with Crippen LogP contribution < -0.4 is 0 Å². The molecule has 0 saturated heterocycles. The Balaban J connectivity index is 2.58. The molecule has 0 radical (unpaired) electrons. The topological polar surface area (TPSA) is 20.2 Å². The Hall–Kier alpha value is -0.560. The molecule has 1 heteroatoms. The zero-order chi connectivity index (χ0) is 8.27. The molecule has 62 valence electrons. The third kappa shape index (κ3) is 2.19. The molecule has 1 nitrogen and oxygen atoms in total. The summed E-state index contributed by atoms with van der Waals surface area (Å²) in [4.78, 5) is 0. The number of hydrogen-bond donors (Lipinski definition) is 1. The number of aliphatic hydroxyl groups is 1. The molecule has 1 atom stereocenters. The Kier molecular flexibility index (Phi) is 2.89. The molecule has 1 unspecified atom stereocenters. The van der Waals surface area contributed by atoms with Crippen LogP contribution in [-0.2, 0) is 0 Å². The van der Waals surface area contributed by atoms with Crippen molar-refractivity contribution < 1.29 is 5.11 Å². The zero-order valence-corrected chi connectivity index (χ0v) is 7.25. The summed E-state index contributed by atoms with van der Waals surface area (Å²) in [5, 5.41) is 9.65. The Morgan fingerprint density at radius 3 is 2.64 bits per heavy atom. The third-order valence-corrected chi connectivity index (χ3v) is 2.06. The standard InChI is InChI=1S/C10H16O/c1-8(2)10(11)9-6-4-3-5-7-9/h3-4,6,8,10-11H,5,7H2,1-2H3. The fourth-order valence-corrected chi connectivity index (χ4v) is 1.30. The Labute approximate surface area is 68.4 Å². The SMILES string of the molecule is CC(C)C(O)C1=CC=CCC1. The van der Waals surface area contributed by atoms with Crippen LogP contribution in [0.25, 0.3) is 0 Å². The van der Waals surface area contributed by atoms with Crippen LogP contribution >= 0.6 is 0 Å². The van der Waals surface area contributed by atoms with E-state index in [9.17, 15) is 5.11 Å². The van der Waals surface area contributed by atoms with Gasteiger partial charge in [0.05, 0.1) is 6.10 Å². The van der Waals surface area contributed by atoms with Gasteiger partial charge in [0, 0.05) is 0 Å². The van der Waals surface area contributed by atoms with Crippen molar-refractivity contribution in [2.24, 2.45) is 5.92 Å². The van der Waals surface area contributed by atoms with Crippen LogP contribution in [0.1, 0.15) is 26.7 Å². The number of hydrogen-bond acceptors (Lipinski definition) is 1. The molecule has 1 N–H and O–H groups in total. The summed E-state index contributed by atoms with van der Waals surface area (Å²) < 4.78 is 0. The molecule has 0 amide bonds. The minimum atomic E-state index is -0.236. The second-order valence-electron chi connectivity index (χ2n) is 3.40. The van der Waals surface area contributed by atoms with Gasteiger partial charge in [0.15, 0.2) is 0 Å². The Bertz CT molecular complexity index is 177. The van der Waals surface area contributed by atoms with Gasteiger partial charge in [-0.05, 0) is 24.3 Å². The fraction of sp³-hybridized carbons (Fsp3) is 0.600. The van der Waals surface area contributed by atoms with Crippen LogP contribution in [0.4, 0.5) is 0 Å². The lowest BCUT2D eigenvalue weighted by Crippen LogP contribution is -2.18. The van der Waals surface area contributed by atoms with Crippen LogP contribution in [0.5, 0.6) is 0 Å². The van der Waals surface area contributed by atoms with Gasteiger partial charge in [-0.1, -0.05) is 32.1 Å². The van der Waals surface area contributed by atoms with E-state index in [4.69, 9.17) is 0 Å². The maximum atomic E-state index is 9.65. The number of aliphatic hydroxyl groups excluding tert-OH is 1. The maximum absolute atomic E-state index is 9.65. The zero-order valence-electron chi connectivity index (χ0n) is 7.25. The molecule has 0 aromatic heterocycles. The first kappa shape index (κ1) is 8.54. The molecular formula is C10H16O. The fourth-order valence-electron chi connectivity index (χ4n) is 1.30. The van der Waals surface area contributed by atoms with Gasteiger partial charge in [-0.15, -0.1) is 0 Å². The van der Waals surface area contributed by atoms with E-state index >= 15 is 0 Å². The largest absolute Gasteiger partial charge is 0.388 e. The molecule has 0 saturated carbocycles. The van der Waals surface area contributed by atoms with Crippen LogP contribution in [0, 0.1) is 5.92 Å². The first-order valence-corrected chi connectivity index (χ1v) is 4.25. The molecule has 0 aliphatic heterocycles. The lowest BCUT2D eigenvalue weighted by atomic mass is 9.93.